The molecule has 0 spiro atoms. The summed E-state index contributed by atoms with van der Waals surface area (Å²) in [7, 11) is 0. The fourth-order valence-corrected chi connectivity index (χ4v) is 4.78. The number of nitrogens with zero attached hydrogens (tertiary/aromatic N) is 3. The summed E-state index contributed by atoms with van der Waals surface area (Å²) in [6, 6.07) is 13.8. The van der Waals surface area contributed by atoms with Gasteiger partial charge in [-0.3, -0.25) is 29.1 Å². The van der Waals surface area contributed by atoms with Crippen LogP contribution < -0.4 is 21.3 Å². The maximum absolute atomic E-state index is 13.5. The van der Waals surface area contributed by atoms with Crippen LogP contribution in [-0.4, -0.2) is 69.9 Å². The van der Waals surface area contributed by atoms with E-state index < -0.39 is 35.8 Å². The molecule has 4 N–H and O–H groups in total. The molecule has 0 aliphatic carbocycles. The number of fused-ring (bicyclic) bond motifs is 2. The van der Waals surface area contributed by atoms with Gasteiger partial charge in [0.15, 0.2) is 11.5 Å². The Morgan fingerprint density at radius 3 is 2.40 bits per heavy atom. The van der Waals surface area contributed by atoms with Crippen molar-refractivity contribution < 1.29 is 23.7 Å². The van der Waals surface area contributed by atoms with Crippen LogP contribution in [0.15, 0.2) is 65.3 Å². The molecule has 0 saturated carbocycles. The number of aromatic nitrogens is 2. The molecule has 0 radical (unpaired) electrons. The second-order valence-electron chi connectivity index (χ2n) is 11.1. The van der Waals surface area contributed by atoms with E-state index in [1.807, 2.05) is 67.3 Å². The Kier molecular flexibility index (Phi) is 11.0. The normalized spacial score (nSPS) is 21.3. The molecule has 3 aromatic rings. The first kappa shape index (κ1) is 31.4. The average molecular weight is 590 g/mol. The summed E-state index contributed by atoms with van der Waals surface area (Å²) < 4.78 is 5.44. The van der Waals surface area contributed by atoms with E-state index in [0.717, 1.165) is 11.3 Å². The summed E-state index contributed by atoms with van der Waals surface area (Å²) in [5.41, 5.74) is 1.73. The number of carbonyl (C=O) groups excluding carboxylic acids is 4. The molecule has 3 atom stereocenters. The fraction of sp³-hybridized carbons (Fsp3) is 0.419. The quantitative estimate of drug-likeness (QED) is 0.337. The molecule has 0 fully saturated rings. The van der Waals surface area contributed by atoms with Gasteiger partial charge in [0, 0.05) is 38.3 Å². The van der Waals surface area contributed by atoms with E-state index in [-0.39, 0.29) is 30.5 Å². The summed E-state index contributed by atoms with van der Waals surface area (Å²) in [6.45, 7) is 6.85. The number of amides is 4. The van der Waals surface area contributed by atoms with Crippen molar-refractivity contribution in [3.63, 3.8) is 0 Å². The van der Waals surface area contributed by atoms with Gasteiger partial charge in [-0.1, -0.05) is 55.4 Å². The molecule has 228 valence electrons. The third-order valence-corrected chi connectivity index (χ3v) is 7.01. The van der Waals surface area contributed by atoms with E-state index in [1.54, 1.807) is 6.20 Å². The van der Waals surface area contributed by atoms with E-state index in [0.29, 0.717) is 31.8 Å². The van der Waals surface area contributed by atoms with Crippen molar-refractivity contribution in [3.05, 3.63) is 83.5 Å². The number of hydrogen-bond acceptors (Lipinski definition) is 8. The van der Waals surface area contributed by atoms with E-state index in [9.17, 15) is 19.2 Å². The van der Waals surface area contributed by atoms with Crippen molar-refractivity contribution in [2.75, 3.05) is 13.1 Å². The maximum Gasteiger partial charge on any atom is 0.274 e. The van der Waals surface area contributed by atoms with E-state index in [1.165, 1.54) is 13.0 Å². The number of nitrogens with one attached hydrogen (secondary N) is 4. The Balaban J connectivity index is 1.61. The minimum absolute atomic E-state index is 0.0297. The van der Waals surface area contributed by atoms with Crippen LogP contribution in [0.5, 0.6) is 0 Å². The van der Waals surface area contributed by atoms with Gasteiger partial charge in [0.25, 0.3) is 5.91 Å². The molecule has 2 aromatic heterocycles. The summed E-state index contributed by atoms with van der Waals surface area (Å²) in [5, 5.41) is 15.1. The molecule has 1 aliphatic rings. The zero-order valence-electron chi connectivity index (χ0n) is 24.7. The SMILES string of the molecule is CC(C)C[C@H]1NC(=O)[C@@H](C)NC(=O)c2cc(on2)CN(Cc2ccccn2)CCNC(=O)[C@@H](Cc2ccccc2)NC1=O. The summed E-state index contributed by atoms with van der Waals surface area (Å²) in [4.78, 5) is 59.3. The van der Waals surface area contributed by atoms with Crippen LogP contribution in [0.1, 0.15) is 54.7 Å². The highest BCUT2D eigenvalue weighted by atomic mass is 16.5. The van der Waals surface area contributed by atoms with Gasteiger partial charge in [0.1, 0.15) is 18.1 Å². The van der Waals surface area contributed by atoms with Crippen molar-refractivity contribution in [2.45, 2.75) is 64.8 Å². The Hall–Kier alpha value is -4.58. The topological polar surface area (TPSA) is 159 Å². The molecule has 43 heavy (non-hydrogen) atoms. The monoisotopic (exact) mass is 589 g/mol. The molecule has 1 aromatic carbocycles. The van der Waals surface area contributed by atoms with Crippen LogP contribution in [0.4, 0.5) is 0 Å². The first-order chi connectivity index (χ1) is 20.7. The van der Waals surface area contributed by atoms with Gasteiger partial charge in [0.2, 0.25) is 17.7 Å². The lowest BCUT2D eigenvalue weighted by Gasteiger charge is -2.26. The van der Waals surface area contributed by atoms with Crippen molar-refractivity contribution in [3.8, 4) is 0 Å². The highest BCUT2D eigenvalue weighted by Gasteiger charge is 2.30. The molecule has 12 nitrogen and oxygen atoms in total. The zero-order chi connectivity index (χ0) is 30.8. The second-order valence-corrected chi connectivity index (χ2v) is 11.1. The average Bonchev–Trinajstić information content (AvgIpc) is 3.45. The first-order valence-corrected chi connectivity index (χ1v) is 14.5. The van der Waals surface area contributed by atoms with Crippen LogP contribution >= 0.6 is 0 Å². The lowest BCUT2D eigenvalue weighted by Crippen LogP contribution is -2.57. The number of carbonyl (C=O) groups is 4. The molecule has 1 aliphatic heterocycles. The number of rotatable bonds is 6. The minimum Gasteiger partial charge on any atom is -0.359 e. The third-order valence-electron chi connectivity index (χ3n) is 7.01. The maximum atomic E-state index is 13.5. The summed E-state index contributed by atoms with van der Waals surface area (Å²) >= 11 is 0. The zero-order valence-corrected chi connectivity index (χ0v) is 24.7. The predicted molar refractivity (Wildman–Crippen MR) is 158 cm³/mol. The molecule has 4 rings (SSSR count). The van der Waals surface area contributed by atoms with Crippen LogP contribution in [-0.2, 0) is 33.9 Å². The van der Waals surface area contributed by atoms with Crippen molar-refractivity contribution in [2.24, 2.45) is 5.92 Å². The van der Waals surface area contributed by atoms with Crippen LogP contribution in [0, 0.1) is 5.92 Å². The van der Waals surface area contributed by atoms with Gasteiger partial charge >= 0.3 is 0 Å². The van der Waals surface area contributed by atoms with E-state index in [2.05, 4.69) is 31.4 Å². The fourth-order valence-electron chi connectivity index (χ4n) is 4.78. The van der Waals surface area contributed by atoms with E-state index >= 15 is 0 Å². The van der Waals surface area contributed by atoms with Gasteiger partial charge in [-0.05, 0) is 37.0 Å². The Bertz CT molecular complexity index is 1380. The number of benzene rings is 1. The molecule has 0 saturated heterocycles. The van der Waals surface area contributed by atoms with Crippen LogP contribution in [0.3, 0.4) is 0 Å². The molecule has 3 heterocycles. The Morgan fingerprint density at radius 2 is 1.67 bits per heavy atom. The van der Waals surface area contributed by atoms with Crippen molar-refractivity contribution >= 4 is 23.6 Å². The minimum atomic E-state index is -0.960. The number of hydrogen-bond donors (Lipinski definition) is 4. The van der Waals surface area contributed by atoms with Crippen molar-refractivity contribution in [1.82, 2.24) is 36.3 Å². The van der Waals surface area contributed by atoms with Gasteiger partial charge in [-0.15, -0.1) is 0 Å². The predicted octanol–water partition coefficient (Wildman–Crippen LogP) is 1.58. The second kappa shape index (κ2) is 15.1. The lowest BCUT2D eigenvalue weighted by molar-refractivity contribution is -0.132. The van der Waals surface area contributed by atoms with Gasteiger partial charge in [-0.25, -0.2) is 0 Å². The smallest absolute Gasteiger partial charge is 0.274 e. The molecular weight excluding hydrogens is 550 g/mol. The Labute approximate surface area is 251 Å². The van der Waals surface area contributed by atoms with Crippen LogP contribution in [0.2, 0.25) is 0 Å². The highest BCUT2D eigenvalue weighted by molar-refractivity contribution is 5.97. The number of pyridine rings is 1. The van der Waals surface area contributed by atoms with Crippen molar-refractivity contribution in [1.29, 1.82) is 0 Å². The third kappa shape index (κ3) is 9.47. The van der Waals surface area contributed by atoms with Crippen LogP contribution in [0.25, 0.3) is 0 Å². The highest BCUT2D eigenvalue weighted by Crippen LogP contribution is 2.12. The largest absolute Gasteiger partial charge is 0.359 e. The molecule has 0 unspecified atom stereocenters. The van der Waals surface area contributed by atoms with Gasteiger partial charge < -0.3 is 25.8 Å². The molecule has 2 bridgehead atoms. The lowest BCUT2D eigenvalue weighted by atomic mass is 10.0. The summed E-state index contributed by atoms with van der Waals surface area (Å²) in [6.07, 6.45) is 2.32. The summed E-state index contributed by atoms with van der Waals surface area (Å²) in [5.74, 6) is -1.42. The first-order valence-electron chi connectivity index (χ1n) is 14.5. The Morgan fingerprint density at radius 1 is 0.930 bits per heavy atom. The molecule has 12 heteroatoms. The standard InChI is InChI=1S/C31H39N7O5/c1-20(2)15-25-30(41)36-26(16-22-9-5-4-6-10-22)29(40)33-13-14-38(18-23-11-7-8-12-32-23)19-24-17-27(37-43-24)31(42)34-21(3)28(39)35-25/h4-12,17,20-21,25-26H,13-16,18-19H2,1-3H3,(H,33,40)(H,34,42)(H,35,39)(H,36,41)/t21-,25-,26-/m1/s1. The van der Waals surface area contributed by atoms with Gasteiger partial charge in [0.05, 0.1) is 12.2 Å². The molecule has 4 amide bonds. The van der Waals surface area contributed by atoms with Gasteiger partial charge in [-0.2, -0.15) is 0 Å². The van der Waals surface area contributed by atoms with E-state index in [4.69, 9.17) is 4.52 Å². The molecular formula is C31H39N7O5.